The number of nitrogens with two attached hydrogens (primary N) is 1. The van der Waals surface area contributed by atoms with Gasteiger partial charge in [-0.05, 0) is 18.2 Å². The smallest absolute Gasteiger partial charge is 0.170 e. The molecule has 0 aliphatic heterocycles. The normalized spacial score (nSPS) is 11.5. The topological polar surface area (TPSA) is 70.6 Å². The molecular formula is C14H12ClF2N3O. The van der Waals surface area contributed by atoms with Crippen LogP contribution in [0, 0.1) is 11.6 Å². The van der Waals surface area contributed by atoms with Gasteiger partial charge >= 0.3 is 0 Å². The molecule has 0 aliphatic carbocycles. The summed E-state index contributed by atoms with van der Waals surface area (Å²) in [4.78, 5) is 0. The summed E-state index contributed by atoms with van der Waals surface area (Å²) in [5.74, 6) is -1.32. The first-order chi connectivity index (χ1) is 10.0. The molecular weight excluding hydrogens is 300 g/mol. The van der Waals surface area contributed by atoms with Crippen LogP contribution in [0.1, 0.15) is 11.1 Å². The molecule has 0 amide bonds. The van der Waals surface area contributed by atoms with E-state index in [1.54, 1.807) is 6.07 Å². The van der Waals surface area contributed by atoms with Gasteiger partial charge in [0.2, 0.25) is 0 Å². The van der Waals surface area contributed by atoms with Crippen LogP contribution in [0.25, 0.3) is 0 Å². The molecule has 0 atom stereocenters. The number of nitrogens with one attached hydrogen (secondary N) is 1. The lowest BCUT2D eigenvalue weighted by molar-refractivity contribution is 0.318. The first kappa shape index (κ1) is 15.1. The van der Waals surface area contributed by atoms with Gasteiger partial charge in [0.1, 0.15) is 5.82 Å². The van der Waals surface area contributed by atoms with Crippen molar-refractivity contribution >= 4 is 23.1 Å². The summed E-state index contributed by atoms with van der Waals surface area (Å²) in [6.45, 7) is 0.0690. The zero-order valence-corrected chi connectivity index (χ0v) is 11.5. The maximum Gasteiger partial charge on any atom is 0.170 e. The molecule has 0 saturated heterocycles. The summed E-state index contributed by atoms with van der Waals surface area (Å²) in [5.41, 5.74) is 6.12. The van der Waals surface area contributed by atoms with Crippen LogP contribution >= 0.6 is 11.6 Å². The van der Waals surface area contributed by atoms with Gasteiger partial charge in [-0.1, -0.05) is 35.0 Å². The van der Waals surface area contributed by atoms with E-state index in [0.29, 0.717) is 5.56 Å². The number of benzene rings is 2. The van der Waals surface area contributed by atoms with E-state index in [0.717, 1.165) is 6.07 Å². The summed E-state index contributed by atoms with van der Waals surface area (Å²) in [5, 5.41) is 14.1. The quantitative estimate of drug-likeness (QED) is 0.351. The van der Waals surface area contributed by atoms with Crippen molar-refractivity contribution < 1.29 is 14.0 Å². The molecule has 0 heterocycles. The summed E-state index contributed by atoms with van der Waals surface area (Å²) < 4.78 is 27.5. The molecule has 0 saturated carbocycles. The van der Waals surface area contributed by atoms with E-state index in [1.807, 2.05) is 0 Å². The molecule has 0 spiro atoms. The largest absolute Gasteiger partial charge is 0.409 e. The Hall–Kier alpha value is -2.34. The van der Waals surface area contributed by atoms with Crippen LogP contribution in [0.2, 0.25) is 5.02 Å². The molecule has 2 rings (SSSR count). The molecule has 0 unspecified atom stereocenters. The Morgan fingerprint density at radius 2 is 2.05 bits per heavy atom. The summed E-state index contributed by atoms with van der Waals surface area (Å²) >= 11 is 5.66. The standard InChI is InChI=1S/C14H12ClF2N3O/c15-10-2-1-3-12(13(10)17)19-7-9-5-4-8(6-11(9)16)14(18)20-21/h1-6,19,21H,7H2,(H2,18,20). The van der Waals surface area contributed by atoms with Gasteiger partial charge in [0.15, 0.2) is 11.7 Å². The molecule has 2 aromatic rings. The molecule has 2 aromatic carbocycles. The van der Waals surface area contributed by atoms with E-state index in [4.69, 9.17) is 22.5 Å². The van der Waals surface area contributed by atoms with Crippen LogP contribution in [0.15, 0.2) is 41.6 Å². The molecule has 110 valence electrons. The minimum atomic E-state index is -0.590. The van der Waals surface area contributed by atoms with Gasteiger partial charge in [-0.2, -0.15) is 0 Å². The Bertz CT molecular complexity index is 692. The van der Waals surface area contributed by atoms with Crippen LogP contribution in [-0.2, 0) is 6.54 Å². The van der Waals surface area contributed by atoms with Crippen molar-refractivity contribution in [3.63, 3.8) is 0 Å². The molecule has 0 aromatic heterocycles. The number of amidine groups is 1. The highest BCUT2D eigenvalue weighted by Gasteiger charge is 2.09. The van der Waals surface area contributed by atoms with Gasteiger partial charge in [-0.15, -0.1) is 0 Å². The SMILES string of the molecule is NC(=NO)c1ccc(CNc2cccc(Cl)c2F)c(F)c1. The number of halogens is 3. The highest BCUT2D eigenvalue weighted by molar-refractivity contribution is 6.31. The third-order valence-electron chi connectivity index (χ3n) is 2.88. The zero-order valence-electron chi connectivity index (χ0n) is 10.8. The second-order valence-corrected chi connectivity index (χ2v) is 4.65. The maximum absolute atomic E-state index is 13.9. The van der Waals surface area contributed by atoms with Crippen molar-refractivity contribution in [3.05, 3.63) is 64.2 Å². The van der Waals surface area contributed by atoms with E-state index in [9.17, 15) is 8.78 Å². The minimum absolute atomic E-state index is 0.0113. The Morgan fingerprint density at radius 1 is 1.29 bits per heavy atom. The number of hydrogen-bond acceptors (Lipinski definition) is 3. The molecule has 0 radical (unpaired) electrons. The lowest BCUT2D eigenvalue weighted by atomic mass is 10.1. The number of hydrogen-bond donors (Lipinski definition) is 3. The number of oxime groups is 1. The number of rotatable bonds is 4. The molecule has 7 heteroatoms. The second kappa shape index (κ2) is 6.41. The average molecular weight is 312 g/mol. The Kier molecular flexibility index (Phi) is 4.59. The van der Waals surface area contributed by atoms with Crippen molar-refractivity contribution in [3.8, 4) is 0 Å². The van der Waals surface area contributed by atoms with E-state index < -0.39 is 11.6 Å². The van der Waals surface area contributed by atoms with E-state index in [2.05, 4.69) is 10.5 Å². The zero-order chi connectivity index (χ0) is 15.4. The van der Waals surface area contributed by atoms with E-state index in [-0.39, 0.29) is 28.7 Å². The van der Waals surface area contributed by atoms with Crippen LogP contribution in [-0.4, -0.2) is 11.0 Å². The highest BCUT2D eigenvalue weighted by Crippen LogP contribution is 2.23. The molecule has 4 nitrogen and oxygen atoms in total. The van der Waals surface area contributed by atoms with Crippen molar-refractivity contribution in [1.29, 1.82) is 0 Å². The van der Waals surface area contributed by atoms with Crippen LogP contribution in [0.5, 0.6) is 0 Å². The van der Waals surface area contributed by atoms with E-state index in [1.165, 1.54) is 24.3 Å². The fourth-order valence-corrected chi connectivity index (χ4v) is 1.91. The van der Waals surface area contributed by atoms with Crippen molar-refractivity contribution in [2.24, 2.45) is 10.9 Å². The third kappa shape index (κ3) is 3.41. The molecule has 0 fully saturated rings. The van der Waals surface area contributed by atoms with Crippen molar-refractivity contribution in [2.75, 3.05) is 5.32 Å². The van der Waals surface area contributed by atoms with Gasteiger partial charge in [-0.25, -0.2) is 8.78 Å². The lowest BCUT2D eigenvalue weighted by Gasteiger charge is -2.10. The first-order valence-corrected chi connectivity index (χ1v) is 6.35. The maximum atomic E-state index is 13.9. The number of anilines is 1. The lowest BCUT2D eigenvalue weighted by Crippen LogP contribution is -2.14. The molecule has 4 N–H and O–H groups in total. The first-order valence-electron chi connectivity index (χ1n) is 5.97. The van der Waals surface area contributed by atoms with Gasteiger partial charge in [0.25, 0.3) is 0 Å². The minimum Gasteiger partial charge on any atom is -0.409 e. The Balaban J connectivity index is 2.15. The summed E-state index contributed by atoms with van der Waals surface area (Å²) in [7, 11) is 0. The number of nitrogens with zero attached hydrogens (tertiary/aromatic N) is 1. The van der Waals surface area contributed by atoms with Crippen LogP contribution < -0.4 is 11.1 Å². The van der Waals surface area contributed by atoms with E-state index >= 15 is 0 Å². The molecule has 0 bridgehead atoms. The van der Waals surface area contributed by atoms with Crippen LogP contribution in [0.3, 0.4) is 0 Å². The van der Waals surface area contributed by atoms with Gasteiger partial charge in [0, 0.05) is 17.7 Å². The fourth-order valence-electron chi connectivity index (χ4n) is 1.74. The summed E-state index contributed by atoms with van der Waals surface area (Å²) in [6.07, 6.45) is 0. The highest BCUT2D eigenvalue weighted by atomic mass is 35.5. The Labute approximate surface area is 124 Å². The van der Waals surface area contributed by atoms with Gasteiger partial charge < -0.3 is 16.3 Å². The third-order valence-corrected chi connectivity index (χ3v) is 3.17. The monoisotopic (exact) mass is 311 g/mol. The van der Waals surface area contributed by atoms with Gasteiger partial charge in [-0.3, -0.25) is 0 Å². The second-order valence-electron chi connectivity index (χ2n) is 4.25. The van der Waals surface area contributed by atoms with Crippen molar-refractivity contribution in [2.45, 2.75) is 6.54 Å². The van der Waals surface area contributed by atoms with Gasteiger partial charge in [0.05, 0.1) is 10.7 Å². The van der Waals surface area contributed by atoms with Crippen LogP contribution in [0.4, 0.5) is 14.5 Å². The predicted molar refractivity (Wildman–Crippen MR) is 77.6 cm³/mol. The average Bonchev–Trinajstić information content (AvgIpc) is 2.49. The fraction of sp³-hybridized carbons (Fsp3) is 0.0714. The molecule has 21 heavy (non-hydrogen) atoms. The Morgan fingerprint density at radius 3 is 2.71 bits per heavy atom. The van der Waals surface area contributed by atoms with Crippen molar-refractivity contribution in [1.82, 2.24) is 0 Å². The predicted octanol–water partition coefficient (Wildman–Crippen LogP) is 3.32. The summed E-state index contributed by atoms with van der Waals surface area (Å²) in [6, 6.07) is 8.63. The molecule has 0 aliphatic rings.